The number of nitrogens with zero attached hydrogens (tertiary/aromatic N) is 1. The number of carbonyl (C=O) groups is 1. The van der Waals surface area contributed by atoms with E-state index in [9.17, 15) is 4.79 Å². The van der Waals surface area contributed by atoms with Gasteiger partial charge in [0, 0.05) is 0 Å². The minimum absolute atomic E-state index is 0.0665. The van der Waals surface area contributed by atoms with Gasteiger partial charge in [0.05, 0.1) is 12.6 Å². The van der Waals surface area contributed by atoms with Crippen LogP contribution in [-0.4, -0.2) is 49.2 Å². The Morgan fingerprint density at radius 2 is 2.00 bits per heavy atom. The van der Waals surface area contributed by atoms with E-state index in [-0.39, 0.29) is 18.1 Å². The van der Waals surface area contributed by atoms with E-state index in [1.165, 1.54) is 19.3 Å². The summed E-state index contributed by atoms with van der Waals surface area (Å²) in [5.74, 6) is 1.58. The summed E-state index contributed by atoms with van der Waals surface area (Å²) in [5, 5.41) is 3.04. The van der Waals surface area contributed by atoms with Gasteiger partial charge in [-0.1, -0.05) is 18.6 Å². The molecule has 0 radical (unpaired) electrons. The second-order valence-electron chi connectivity index (χ2n) is 6.11. The number of hydrogen-bond donors (Lipinski definition) is 1. The first kappa shape index (κ1) is 15.2. The smallest absolute Gasteiger partial charge is 0.234 e. The van der Waals surface area contributed by atoms with Crippen molar-refractivity contribution in [3.8, 4) is 11.5 Å². The van der Waals surface area contributed by atoms with E-state index in [0.29, 0.717) is 13.2 Å². The van der Waals surface area contributed by atoms with Crippen LogP contribution in [-0.2, 0) is 4.79 Å². The first-order chi connectivity index (χ1) is 10.7. The lowest BCUT2D eigenvalue weighted by molar-refractivity contribution is -0.124. The fourth-order valence-electron chi connectivity index (χ4n) is 3.00. The maximum absolute atomic E-state index is 12.2. The standard InChI is InChI=1S/C17H24N2O3/c1-13(18-17(20)11-19-9-5-2-6-10-19)16-12-21-14-7-3-4-8-15(14)22-16/h3-4,7-8,13,16H,2,5-6,9-12H2,1H3,(H,18,20)/t13-,16+/m1/s1. The van der Waals surface area contributed by atoms with Crippen LogP contribution in [0.1, 0.15) is 26.2 Å². The van der Waals surface area contributed by atoms with E-state index in [1.54, 1.807) is 0 Å². The predicted octanol–water partition coefficient (Wildman–Crippen LogP) is 1.82. The number of hydrogen-bond acceptors (Lipinski definition) is 4. The Bertz CT molecular complexity index is 514. The van der Waals surface area contributed by atoms with Gasteiger partial charge in [0.1, 0.15) is 6.61 Å². The van der Waals surface area contributed by atoms with Gasteiger partial charge in [-0.15, -0.1) is 0 Å². The molecule has 1 aromatic carbocycles. The zero-order valence-electron chi connectivity index (χ0n) is 13.1. The Hall–Kier alpha value is -1.75. The summed E-state index contributed by atoms with van der Waals surface area (Å²) >= 11 is 0. The highest BCUT2D eigenvalue weighted by molar-refractivity contribution is 5.78. The number of para-hydroxylation sites is 2. The molecule has 1 amide bonds. The molecule has 0 unspecified atom stereocenters. The third-order valence-electron chi connectivity index (χ3n) is 4.29. The van der Waals surface area contributed by atoms with Crippen LogP contribution in [0.5, 0.6) is 11.5 Å². The number of benzene rings is 1. The molecule has 0 spiro atoms. The topological polar surface area (TPSA) is 50.8 Å². The molecule has 3 rings (SSSR count). The Balaban J connectivity index is 1.49. The van der Waals surface area contributed by atoms with Gasteiger partial charge in [-0.3, -0.25) is 9.69 Å². The molecule has 0 bridgehead atoms. The molecule has 1 fully saturated rings. The van der Waals surface area contributed by atoms with Crippen LogP contribution in [0.2, 0.25) is 0 Å². The van der Waals surface area contributed by atoms with Gasteiger partial charge in [-0.25, -0.2) is 0 Å². The minimum Gasteiger partial charge on any atom is -0.486 e. The fraction of sp³-hybridized carbons (Fsp3) is 0.588. The van der Waals surface area contributed by atoms with Gasteiger partial charge < -0.3 is 14.8 Å². The molecule has 1 N–H and O–H groups in total. The second-order valence-corrected chi connectivity index (χ2v) is 6.11. The highest BCUT2D eigenvalue weighted by Crippen LogP contribution is 2.31. The van der Waals surface area contributed by atoms with E-state index in [0.717, 1.165) is 24.6 Å². The molecule has 0 aromatic heterocycles. The van der Waals surface area contributed by atoms with Crippen LogP contribution in [0.25, 0.3) is 0 Å². The lowest BCUT2D eigenvalue weighted by atomic mass is 10.1. The van der Waals surface area contributed by atoms with Gasteiger partial charge in [0.15, 0.2) is 17.6 Å². The van der Waals surface area contributed by atoms with Crippen molar-refractivity contribution in [2.24, 2.45) is 0 Å². The molecule has 2 heterocycles. The number of ether oxygens (including phenoxy) is 2. The number of likely N-dealkylation sites (tertiary alicyclic amines) is 1. The maximum atomic E-state index is 12.2. The monoisotopic (exact) mass is 304 g/mol. The zero-order chi connectivity index (χ0) is 15.4. The lowest BCUT2D eigenvalue weighted by Crippen LogP contribution is -2.50. The first-order valence-corrected chi connectivity index (χ1v) is 8.12. The Kier molecular flexibility index (Phi) is 4.83. The van der Waals surface area contributed by atoms with Crippen molar-refractivity contribution in [3.63, 3.8) is 0 Å². The van der Waals surface area contributed by atoms with Crippen molar-refractivity contribution in [1.82, 2.24) is 10.2 Å². The van der Waals surface area contributed by atoms with Crippen molar-refractivity contribution in [3.05, 3.63) is 24.3 Å². The number of piperidine rings is 1. The van der Waals surface area contributed by atoms with E-state index in [1.807, 2.05) is 31.2 Å². The predicted molar refractivity (Wildman–Crippen MR) is 84.2 cm³/mol. The number of fused-ring (bicyclic) bond motifs is 1. The maximum Gasteiger partial charge on any atom is 0.234 e. The molecule has 0 saturated carbocycles. The lowest BCUT2D eigenvalue weighted by Gasteiger charge is -2.31. The number of amides is 1. The summed E-state index contributed by atoms with van der Waals surface area (Å²) in [6, 6.07) is 7.55. The van der Waals surface area contributed by atoms with Gasteiger partial charge in [0.25, 0.3) is 0 Å². The summed E-state index contributed by atoms with van der Waals surface area (Å²) in [7, 11) is 0. The molecule has 22 heavy (non-hydrogen) atoms. The molecule has 2 atom stereocenters. The highest BCUT2D eigenvalue weighted by atomic mass is 16.6. The Labute approximate surface area is 131 Å². The largest absolute Gasteiger partial charge is 0.486 e. The van der Waals surface area contributed by atoms with Crippen LogP contribution >= 0.6 is 0 Å². The molecule has 0 aliphatic carbocycles. The van der Waals surface area contributed by atoms with Crippen molar-refractivity contribution in [2.75, 3.05) is 26.2 Å². The molecule has 120 valence electrons. The van der Waals surface area contributed by atoms with Crippen LogP contribution in [0.15, 0.2) is 24.3 Å². The quantitative estimate of drug-likeness (QED) is 0.922. The molecular weight excluding hydrogens is 280 g/mol. The third-order valence-corrected chi connectivity index (χ3v) is 4.29. The van der Waals surface area contributed by atoms with E-state index >= 15 is 0 Å². The average Bonchev–Trinajstić information content (AvgIpc) is 2.55. The summed E-state index contributed by atoms with van der Waals surface area (Å²) in [6.45, 7) is 4.96. The van der Waals surface area contributed by atoms with E-state index < -0.39 is 0 Å². The van der Waals surface area contributed by atoms with Crippen molar-refractivity contribution >= 4 is 5.91 Å². The Morgan fingerprint density at radius 1 is 1.27 bits per heavy atom. The van der Waals surface area contributed by atoms with Gasteiger partial charge in [-0.2, -0.15) is 0 Å². The summed E-state index contributed by atoms with van der Waals surface area (Å²) in [6.07, 6.45) is 3.51. The number of nitrogens with one attached hydrogen (secondary N) is 1. The summed E-state index contributed by atoms with van der Waals surface area (Å²) in [4.78, 5) is 14.4. The zero-order valence-corrected chi connectivity index (χ0v) is 13.1. The highest BCUT2D eigenvalue weighted by Gasteiger charge is 2.27. The van der Waals surface area contributed by atoms with Crippen LogP contribution in [0, 0.1) is 0 Å². The van der Waals surface area contributed by atoms with Gasteiger partial charge in [0.2, 0.25) is 5.91 Å². The van der Waals surface area contributed by atoms with Gasteiger partial charge in [-0.05, 0) is 45.0 Å². The van der Waals surface area contributed by atoms with Gasteiger partial charge >= 0.3 is 0 Å². The number of carbonyl (C=O) groups excluding carboxylic acids is 1. The molecule has 5 nitrogen and oxygen atoms in total. The van der Waals surface area contributed by atoms with Crippen LogP contribution in [0.4, 0.5) is 0 Å². The normalized spacial score (nSPS) is 22.9. The van der Waals surface area contributed by atoms with Crippen molar-refractivity contribution < 1.29 is 14.3 Å². The Morgan fingerprint density at radius 3 is 2.77 bits per heavy atom. The summed E-state index contributed by atoms with van der Waals surface area (Å²) in [5.41, 5.74) is 0. The van der Waals surface area contributed by atoms with Crippen LogP contribution in [0.3, 0.4) is 0 Å². The van der Waals surface area contributed by atoms with E-state index in [4.69, 9.17) is 9.47 Å². The van der Waals surface area contributed by atoms with Crippen molar-refractivity contribution in [1.29, 1.82) is 0 Å². The third kappa shape index (κ3) is 3.71. The molecule has 1 saturated heterocycles. The minimum atomic E-state index is -0.153. The molecule has 2 aliphatic heterocycles. The first-order valence-electron chi connectivity index (χ1n) is 8.12. The van der Waals surface area contributed by atoms with E-state index in [2.05, 4.69) is 10.2 Å². The fourth-order valence-corrected chi connectivity index (χ4v) is 3.00. The summed E-state index contributed by atoms with van der Waals surface area (Å²) < 4.78 is 11.6. The van der Waals surface area contributed by atoms with Crippen LogP contribution < -0.4 is 14.8 Å². The molecule has 1 aromatic rings. The number of rotatable bonds is 4. The molecular formula is C17H24N2O3. The average molecular weight is 304 g/mol. The molecule has 2 aliphatic rings. The SMILES string of the molecule is C[C@@H](NC(=O)CN1CCCCC1)[C@@H]1COc2ccccc2O1. The molecule has 5 heteroatoms. The van der Waals surface area contributed by atoms with Crippen molar-refractivity contribution in [2.45, 2.75) is 38.3 Å². The second kappa shape index (κ2) is 7.01.